The molecule has 0 saturated heterocycles. The van der Waals surface area contributed by atoms with Gasteiger partial charge < -0.3 is 4.74 Å². The molecule has 0 aliphatic carbocycles. The van der Waals surface area contributed by atoms with E-state index in [1.165, 1.54) is 13.0 Å². The maximum atomic E-state index is 14.0. The summed E-state index contributed by atoms with van der Waals surface area (Å²) in [6, 6.07) is 9.49. The molecule has 1 aliphatic rings. The van der Waals surface area contributed by atoms with Crippen LogP contribution >= 0.6 is 0 Å². The molecule has 0 bridgehead atoms. The Morgan fingerprint density at radius 3 is 2.75 bits per heavy atom. The third kappa shape index (κ3) is 1.88. The molecule has 0 spiro atoms. The molecule has 1 aliphatic heterocycles. The minimum absolute atomic E-state index is 0.116. The zero-order valence-electron chi connectivity index (χ0n) is 10.8. The van der Waals surface area contributed by atoms with Crippen molar-refractivity contribution < 1.29 is 18.3 Å². The number of para-hydroxylation sites is 1. The number of carbonyl (C=O) groups is 1. The van der Waals surface area contributed by atoms with Gasteiger partial charge in [0, 0.05) is 5.56 Å². The lowest BCUT2D eigenvalue weighted by atomic mass is 9.91. The number of ether oxygens (including phenoxy) is 1. The van der Waals surface area contributed by atoms with Gasteiger partial charge in [0.1, 0.15) is 24.0 Å². The van der Waals surface area contributed by atoms with Crippen LogP contribution in [-0.2, 0) is 0 Å². The van der Waals surface area contributed by atoms with Crippen LogP contribution in [0.5, 0.6) is 5.75 Å². The maximum Gasteiger partial charge on any atom is 0.179 e. The lowest BCUT2D eigenvalue weighted by Gasteiger charge is -2.11. The summed E-state index contributed by atoms with van der Waals surface area (Å²) in [7, 11) is 0. The van der Waals surface area contributed by atoms with Crippen molar-refractivity contribution >= 4 is 5.78 Å². The monoisotopic (exact) mass is 274 g/mol. The fraction of sp³-hybridized carbons (Fsp3) is 0.188. The summed E-state index contributed by atoms with van der Waals surface area (Å²) >= 11 is 0. The molecule has 3 rings (SSSR count). The Bertz CT molecular complexity index is 695. The fourth-order valence-electron chi connectivity index (χ4n) is 2.44. The largest absolute Gasteiger partial charge is 0.492 e. The van der Waals surface area contributed by atoms with Crippen LogP contribution in [0.2, 0.25) is 0 Å². The molecule has 1 unspecified atom stereocenters. The first-order valence-corrected chi connectivity index (χ1v) is 6.30. The van der Waals surface area contributed by atoms with Crippen molar-refractivity contribution in [3.05, 3.63) is 64.7 Å². The average molecular weight is 274 g/mol. The van der Waals surface area contributed by atoms with Crippen LogP contribution in [0.15, 0.2) is 36.4 Å². The topological polar surface area (TPSA) is 26.3 Å². The van der Waals surface area contributed by atoms with E-state index in [0.717, 1.165) is 6.07 Å². The Balaban J connectivity index is 2.06. The van der Waals surface area contributed by atoms with Gasteiger partial charge in [0.15, 0.2) is 5.78 Å². The molecule has 1 heterocycles. The summed E-state index contributed by atoms with van der Waals surface area (Å²) < 4.78 is 33.2. The third-order valence-corrected chi connectivity index (χ3v) is 3.55. The zero-order chi connectivity index (χ0) is 14.3. The van der Waals surface area contributed by atoms with Gasteiger partial charge in [-0.15, -0.1) is 0 Å². The van der Waals surface area contributed by atoms with E-state index in [9.17, 15) is 13.6 Å². The summed E-state index contributed by atoms with van der Waals surface area (Å²) in [6.07, 6.45) is 0. The van der Waals surface area contributed by atoms with Gasteiger partial charge in [0.25, 0.3) is 0 Å². The van der Waals surface area contributed by atoms with E-state index in [-0.39, 0.29) is 12.2 Å². The summed E-state index contributed by atoms with van der Waals surface area (Å²) in [4.78, 5) is 12.4. The van der Waals surface area contributed by atoms with Gasteiger partial charge in [-0.25, -0.2) is 8.78 Å². The standard InChI is InChI=1S/C16H12F2O2/c1-9-6-7-12(17)14(15(9)18)16(19)11-8-20-13-5-3-2-4-10(11)13/h2-7,11H,8H2,1H3. The molecule has 2 nitrogen and oxygen atoms in total. The van der Waals surface area contributed by atoms with Crippen LogP contribution in [0.1, 0.15) is 27.4 Å². The summed E-state index contributed by atoms with van der Waals surface area (Å²) in [5.74, 6) is -2.26. The number of aryl methyl sites for hydroxylation is 1. The molecule has 20 heavy (non-hydrogen) atoms. The minimum Gasteiger partial charge on any atom is -0.492 e. The summed E-state index contributed by atoms with van der Waals surface area (Å²) in [5, 5.41) is 0. The number of fused-ring (bicyclic) bond motifs is 1. The van der Waals surface area contributed by atoms with E-state index in [2.05, 4.69) is 0 Å². The van der Waals surface area contributed by atoms with Crippen molar-refractivity contribution in [1.29, 1.82) is 0 Å². The van der Waals surface area contributed by atoms with Gasteiger partial charge in [-0.1, -0.05) is 24.3 Å². The quantitative estimate of drug-likeness (QED) is 0.782. The van der Waals surface area contributed by atoms with Crippen molar-refractivity contribution in [2.24, 2.45) is 0 Å². The van der Waals surface area contributed by atoms with Crippen LogP contribution in [0.4, 0.5) is 8.78 Å². The molecule has 0 amide bonds. The molecule has 0 N–H and O–H groups in total. The van der Waals surface area contributed by atoms with E-state index < -0.39 is 28.9 Å². The predicted octanol–water partition coefficient (Wildman–Crippen LogP) is 3.63. The van der Waals surface area contributed by atoms with E-state index in [1.54, 1.807) is 24.3 Å². The van der Waals surface area contributed by atoms with Crippen LogP contribution < -0.4 is 4.74 Å². The van der Waals surface area contributed by atoms with Gasteiger partial charge >= 0.3 is 0 Å². The van der Waals surface area contributed by atoms with Crippen LogP contribution in [0, 0.1) is 18.6 Å². The average Bonchev–Trinajstić information content (AvgIpc) is 2.87. The normalized spacial score (nSPS) is 16.6. The molecular weight excluding hydrogens is 262 g/mol. The van der Waals surface area contributed by atoms with E-state index in [0.29, 0.717) is 11.3 Å². The molecule has 2 aromatic rings. The molecule has 2 aromatic carbocycles. The Kier molecular flexibility index (Phi) is 3.01. The number of carbonyl (C=O) groups excluding carboxylic acids is 1. The highest BCUT2D eigenvalue weighted by Gasteiger charge is 2.33. The second kappa shape index (κ2) is 4.71. The number of hydrogen-bond donors (Lipinski definition) is 0. The van der Waals surface area contributed by atoms with Crippen molar-refractivity contribution in [1.82, 2.24) is 0 Å². The van der Waals surface area contributed by atoms with Gasteiger partial charge in [-0.2, -0.15) is 0 Å². The maximum absolute atomic E-state index is 14.0. The van der Waals surface area contributed by atoms with Gasteiger partial charge in [-0.05, 0) is 24.6 Å². The van der Waals surface area contributed by atoms with Crippen LogP contribution in [-0.4, -0.2) is 12.4 Å². The molecule has 0 radical (unpaired) electrons. The van der Waals surface area contributed by atoms with Crippen molar-refractivity contribution in [3.8, 4) is 5.75 Å². The van der Waals surface area contributed by atoms with Crippen molar-refractivity contribution in [2.75, 3.05) is 6.61 Å². The number of rotatable bonds is 2. The van der Waals surface area contributed by atoms with Crippen molar-refractivity contribution in [3.63, 3.8) is 0 Å². The Labute approximate surface area is 115 Å². The Morgan fingerprint density at radius 1 is 1.20 bits per heavy atom. The predicted molar refractivity (Wildman–Crippen MR) is 70.1 cm³/mol. The second-order valence-electron chi connectivity index (χ2n) is 4.82. The SMILES string of the molecule is Cc1ccc(F)c(C(=O)C2COc3ccccc32)c1F. The second-order valence-corrected chi connectivity index (χ2v) is 4.82. The number of hydrogen-bond acceptors (Lipinski definition) is 2. The number of benzene rings is 2. The molecule has 1 atom stereocenters. The third-order valence-electron chi connectivity index (χ3n) is 3.55. The van der Waals surface area contributed by atoms with Crippen molar-refractivity contribution in [2.45, 2.75) is 12.8 Å². The lowest BCUT2D eigenvalue weighted by molar-refractivity contribution is 0.0939. The number of halogens is 2. The van der Waals surface area contributed by atoms with E-state index in [4.69, 9.17) is 4.74 Å². The van der Waals surface area contributed by atoms with E-state index in [1.807, 2.05) is 0 Å². The highest BCUT2D eigenvalue weighted by molar-refractivity contribution is 6.02. The van der Waals surface area contributed by atoms with Gasteiger partial charge in [0.05, 0.1) is 11.5 Å². The molecule has 102 valence electrons. The highest BCUT2D eigenvalue weighted by atomic mass is 19.1. The molecular formula is C16H12F2O2. The Morgan fingerprint density at radius 2 is 1.95 bits per heavy atom. The first kappa shape index (κ1) is 12.8. The zero-order valence-corrected chi connectivity index (χ0v) is 10.8. The molecule has 0 aromatic heterocycles. The van der Waals surface area contributed by atoms with Crippen LogP contribution in [0.3, 0.4) is 0 Å². The smallest absolute Gasteiger partial charge is 0.179 e. The summed E-state index contributed by atoms with van der Waals surface area (Å²) in [6.45, 7) is 1.62. The summed E-state index contributed by atoms with van der Waals surface area (Å²) in [5.41, 5.74) is 0.454. The van der Waals surface area contributed by atoms with Gasteiger partial charge in [0.2, 0.25) is 0 Å². The molecule has 4 heteroatoms. The molecule has 0 fully saturated rings. The first-order chi connectivity index (χ1) is 9.59. The first-order valence-electron chi connectivity index (χ1n) is 6.30. The Hall–Kier alpha value is -2.23. The minimum atomic E-state index is -0.831. The number of ketones is 1. The fourth-order valence-corrected chi connectivity index (χ4v) is 2.44. The van der Waals surface area contributed by atoms with Gasteiger partial charge in [-0.3, -0.25) is 4.79 Å². The highest BCUT2D eigenvalue weighted by Crippen LogP contribution is 2.36. The van der Waals surface area contributed by atoms with Crippen LogP contribution in [0.25, 0.3) is 0 Å². The van der Waals surface area contributed by atoms with E-state index >= 15 is 0 Å². The number of Topliss-reactive ketones (excluding diaryl/α,β-unsaturated/α-hetero) is 1. The molecule has 0 saturated carbocycles. The lowest BCUT2D eigenvalue weighted by Crippen LogP contribution is -2.18.